The molecule has 0 amide bonds. The van der Waals surface area contributed by atoms with Crippen molar-refractivity contribution in [1.82, 2.24) is 14.5 Å². The number of rotatable bonds is 12. The Kier molecular flexibility index (Phi) is 13.4. The van der Waals surface area contributed by atoms with Gasteiger partial charge in [-0.2, -0.15) is 0 Å². The minimum atomic E-state index is -0.0116. The van der Waals surface area contributed by atoms with E-state index < -0.39 is 0 Å². The molecule has 4 aromatic rings. The molecule has 0 aliphatic rings. The molecule has 0 spiro atoms. The lowest BCUT2D eigenvalue weighted by molar-refractivity contribution is 0.254. The number of hydrogen-bond acceptors (Lipinski definition) is 4. The molecule has 0 aliphatic carbocycles. The summed E-state index contributed by atoms with van der Waals surface area (Å²) in [6.45, 7) is 3.23. The van der Waals surface area contributed by atoms with E-state index in [4.69, 9.17) is 27.9 Å². The van der Waals surface area contributed by atoms with Gasteiger partial charge in [0.05, 0.1) is 12.1 Å². The van der Waals surface area contributed by atoms with Gasteiger partial charge in [0, 0.05) is 59.6 Å². The van der Waals surface area contributed by atoms with Crippen molar-refractivity contribution < 1.29 is 4.74 Å². The lowest BCUT2D eigenvalue weighted by atomic mass is 10.1. The Hall–Kier alpha value is -2.28. The van der Waals surface area contributed by atoms with Gasteiger partial charge in [-0.25, -0.2) is 0 Å². The molecule has 0 aliphatic heterocycles. The van der Waals surface area contributed by atoms with Gasteiger partial charge in [0.2, 0.25) is 0 Å². The van der Waals surface area contributed by atoms with E-state index in [9.17, 15) is 4.79 Å². The molecular formula is C29H33Cl4N3O2. The number of ether oxygens (including phenoxy) is 1. The topological polar surface area (TPSA) is 47.4 Å². The highest BCUT2D eigenvalue weighted by Gasteiger charge is 2.12. The minimum absolute atomic E-state index is 0. The molecule has 0 N–H and O–H groups in total. The van der Waals surface area contributed by atoms with Crippen molar-refractivity contribution in [2.24, 2.45) is 7.05 Å². The fraction of sp³-hybridized carbons (Fsp3) is 0.310. The lowest BCUT2D eigenvalue weighted by Crippen LogP contribution is -2.27. The summed E-state index contributed by atoms with van der Waals surface area (Å²) >= 11 is 12.9. The Morgan fingerprint density at radius 1 is 0.921 bits per heavy atom. The van der Waals surface area contributed by atoms with Crippen LogP contribution in [-0.4, -0.2) is 34.1 Å². The third-order valence-corrected chi connectivity index (χ3v) is 7.07. The summed E-state index contributed by atoms with van der Waals surface area (Å²) in [6.07, 6.45) is 7.72. The average molecular weight is 597 g/mol. The molecule has 204 valence electrons. The first-order chi connectivity index (χ1) is 17.5. The molecule has 2 aromatic heterocycles. The van der Waals surface area contributed by atoms with Gasteiger partial charge in [-0.15, -0.1) is 24.8 Å². The van der Waals surface area contributed by atoms with Crippen LogP contribution in [0.15, 0.2) is 77.9 Å². The fourth-order valence-electron chi connectivity index (χ4n) is 4.27. The van der Waals surface area contributed by atoms with E-state index >= 15 is 0 Å². The second-order valence-electron chi connectivity index (χ2n) is 8.95. The van der Waals surface area contributed by atoms with Crippen molar-refractivity contribution in [2.75, 3.05) is 19.7 Å². The van der Waals surface area contributed by atoms with Crippen LogP contribution in [0.3, 0.4) is 0 Å². The standard InChI is InChI=1S/C29H31Cl2N3O2.2ClH/c1-33-28-12-11-24(19-23(28)10-13-29(33)35)36-18-4-2-3-16-34(17-14-22-7-6-15-32-20-22)21-25-26(30)8-5-9-27(25)31;;/h5-13,15,19-20H,2-4,14,16-18,21H2,1H3;2*1H. The van der Waals surface area contributed by atoms with Crippen LogP contribution in [0.2, 0.25) is 10.0 Å². The molecular weight excluding hydrogens is 564 g/mol. The number of unbranched alkanes of at least 4 members (excludes halogenated alkanes) is 2. The first-order valence-electron chi connectivity index (χ1n) is 12.3. The Balaban J connectivity index is 0.00000253. The highest BCUT2D eigenvalue weighted by atomic mass is 35.5. The number of pyridine rings is 2. The van der Waals surface area contributed by atoms with E-state index in [1.54, 1.807) is 23.9 Å². The molecule has 2 aromatic carbocycles. The van der Waals surface area contributed by atoms with Gasteiger partial charge in [0.1, 0.15) is 5.75 Å². The summed E-state index contributed by atoms with van der Waals surface area (Å²) in [6, 6.07) is 19.0. The number of benzene rings is 2. The first-order valence-corrected chi connectivity index (χ1v) is 13.0. The predicted molar refractivity (Wildman–Crippen MR) is 163 cm³/mol. The number of halogens is 4. The maximum Gasteiger partial charge on any atom is 0.250 e. The molecule has 5 nitrogen and oxygen atoms in total. The van der Waals surface area contributed by atoms with E-state index in [1.807, 2.05) is 54.7 Å². The molecule has 0 atom stereocenters. The van der Waals surface area contributed by atoms with Crippen LogP contribution in [0, 0.1) is 0 Å². The largest absolute Gasteiger partial charge is 0.494 e. The maximum atomic E-state index is 11.8. The zero-order chi connectivity index (χ0) is 25.3. The number of aryl methyl sites for hydroxylation is 1. The van der Waals surface area contributed by atoms with Gasteiger partial charge in [-0.05, 0) is 80.3 Å². The Morgan fingerprint density at radius 3 is 2.45 bits per heavy atom. The molecule has 0 saturated heterocycles. The summed E-state index contributed by atoms with van der Waals surface area (Å²) in [5.74, 6) is 0.826. The Bertz CT molecular complexity index is 1330. The number of fused-ring (bicyclic) bond motifs is 1. The molecule has 0 radical (unpaired) electrons. The third kappa shape index (κ3) is 8.89. The summed E-state index contributed by atoms with van der Waals surface area (Å²) < 4.78 is 7.63. The van der Waals surface area contributed by atoms with Crippen molar-refractivity contribution >= 4 is 58.9 Å². The second kappa shape index (κ2) is 16.0. The van der Waals surface area contributed by atoms with Crippen LogP contribution in [0.4, 0.5) is 0 Å². The van der Waals surface area contributed by atoms with Gasteiger partial charge < -0.3 is 9.30 Å². The molecule has 38 heavy (non-hydrogen) atoms. The molecule has 0 saturated carbocycles. The van der Waals surface area contributed by atoms with Crippen LogP contribution in [0.1, 0.15) is 30.4 Å². The molecule has 0 bridgehead atoms. The van der Waals surface area contributed by atoms with Crippen LogP contribution in [0.5, 0.6) is 5.75 Å². The fourth-order valence-corrected chi connectivity index (χ4v) is 4.78. The van der Waals surface area contributed by atoms with Crippen molar-refractivity contribution in [3.8, 4) is 5.75 Å². The number of hydrogen-bond donors (Lipinski definition) is 0. The maximum absolute atomic E-state index is 11.8. The quantitative estimate of drug-likeness (QED) is 0.160. The van der Waals surface area contributed by atoms with E-state index in [2.05, 4.69) is 16.0 Å². The van der Waals surface area contributed by atoms with Crippen LogP contribution in [-0.2, 0) is 20.0 Å². The zero-order valence-corrected chi connectivity index (χ0v) is 24.5. The summed E-state index contributed by atoms with van der Waals surface area (Å²) in [5.41, 5.74) is 3.09. The summed E-state index contributed by atoms with van der Waals surface area (Å²) in [5, 5.41) is 2.41. The van der Waals surface area contributed by atoms with Crippen LogP contribution in [0.25, 0.3) is 10.9 Å². The van der Waals surface area contributed by atoms with Crippen molar-refractivity contribution in [2.45, 2.75) is 32.2 Å². The van der Waals surface area contributed by atoms with Crippen molar-refractivity contribution in [1.29, 1.82) is 0 Å². The van der Waals surface area contributed by atoms with Crippen LogP contribution < -0.4 is 10.3 Å². The molecule has 2 heterocycles. The van der Waals surface area contributed by atoms with Gasteiger partial charge in [-0.1, -0.05) is 35.3 Å². The number of aromatic nitrogens is 2. The van der Waals surface area contributed by atoms with Crippen molar-refractivity contribution in [3.63, 3.8) is 0 Å². The second-order valence-corrected chi connectivity index (χ2v) is 9.76. The molecule has 4 rings (SSSR count). The monoisotopic (exact) mass is 595 g/mol. The van der Waals surface area contributed by atoms with Crippen LogP contribution >= 0.6 is 48.0 Å². The smallest absolute Gasteiger partial charge is 0.250 e. The predicted octanol–water partition coefficient (Wildman–Crippen LogP) is 7.38. The molecule has 9 heteroatoms. The lowest BCUT2D eigenvalue weighted by Gasteiger charge is -2.23. The highest BCUT2D eigenvalue weighted by Crippen LogP contribution is 2.26. The first kappa shape index (κ1) is 31.9. The Morgan fingerprint density at radius 2 is 1.71 bits per heavy atom. The molecule has 0 fully saturated rings. The van der Waals surface area contributed by atoms with E-state index in [1.165, 1.54) is 5.56 Å². The average Bonchev–Trinajstić information content (AvgIpc) is 2.89. The Labute approximate surface area is 246 Å². The SMILES string of the molecule is Cl.Cl.Cn1c(=O)ccc2cc(OCCCCCN(CCc3cccnc3)Cc3c(Cl)cccc3Cl)ccc21. The van der Waals surface area contributed by atoms with Gasteiger partial charge in [0.25, 0.3) is 5.56 Å². The van der Waals surface area contributed by atoms with Gasteiger partial charge in [-0.3, -0.25) is 14.7 Å². The van der Waals surface area contributed by atoms with E-state index in [0.29, 0.717) is 16.7 Å². The van der Waals surface area contributed by atoms with Gasteiger partial charge >= 0.3 is 0 Å². The van der Waals surface area contributed by atoms with Gasteiger partial charge in [0.15, 0.2) is 0 Å². The summed E-state index contributed by atoms with van der Waals surface area (Å²) in [7, 11) is 1.78. The number of nitrogens with zero attached hydrogens (tertiary/aromatic N) is 3. The van der Waals surface area contributed by atoms with Crippen molar-refractivity contribution in [3.05, 3.63) is 105 Å². The minimum Gasteiger partial charge on any atom is -0.494 e. The van der Waals surface area contributed by atoms with E-state index in [0.717, 1.165) is 67.5 Å². The zero-order valence-electron chi connectivity index (χ0n) is 21.3. The summed E-state index contributed by atoms with van der Waals surface area (Å²) in [4.78, 5) is 18.4. The molecule has 0 unspecified atom stereocenters. The normalized spacial score (nSPS) is 10.7. The third-order valence-electron chi connectivity index (χ3n) is 6.37. The van der Waals surface area contributed by atoms with E-state index in [-0.39, 0.29) is 30.4 Å². The highest BCUT2D eigenvalue weighted by molar-refractivity contribution is 6.35.